The predicted octanol–water partition coefficient (Wildman–Crippen LogP) is 2.49. The van der Waals surface area contributed by atoms with E-state index in [1.165, 1.54) is 6.92 Å². The van der Waals surface area contributed by atoms with E-state index >= 15 is 0 Å². The molecule has 0 saturated heterocycles. The summed E-state index contributed by atoms with van der Waals surface area (Å²) >= 11 is 11.5. The molecule has 0 saturated carbocycles. The summed E-state index contributed by atoms with van der Waals surface area (Å²) in [5, 5.41) is 3.15. The first-order valence-corrected chi connectivity index (χ1v) is 7.62. The molecule has 130 valence electrons. The van der Waals surface area contributed by atoms with Gasteiger partial charge in [-0.05, 0) is 37.0 Å². The molecule has 1 aromatic rings. The van der Waals surface area contributed by atoms with Crippen molar-refractivity contribution in [3.8, 4) is 0 Å². The van der Waals surface area contributed by atoms with Crippen LogP contribution in [0, 0.1) is 0 Å². The summed E-state index contributed by atoms with van der Waals surface area (Å²) in [5.41, 5.74) is 6.41. The zero-order valence-corrected chi connectivity index (χ0v) is 15.0. The van der Waals surface area contributed by atoms with E-state index in [9.17, 15) is 9.59 Å². The van der Waals surface area contributed by atoms with Gasteiger partial charge in [0.15, 0.2) is 0 Å². The lowest BCUT2D eigenvalue weighted by molar-refractivity contribution is -0.146. The number of unbranched alkanes of at least 4 members (excludes halogenated alkanes) is 1. The lowest BCUT2D eigenvalue weighted by Crippen LogP contribution is -2.32. The Hall–Kier alpha value is -1.08. The van der Waals surface area contributed by atoms with Crippen LogP contribution in [-0.2, 0) is 20.9 Å². The second kappa shape index (κ2) is 11.5. The fourth-order valence-electron chi connectivity index (χ4n) is 1.73. The summed E-state index contributed by atoms with van der Waals surface area (Å²) < 4.78 is 5.12. The first kappa shape index (κ1) is 21.9. The van der Waals surface area contributed by atoms with E-state index in [1.807, 2.05) is 0 Å². The van der Waals surface area contributed by atoms with Crippen LogP contribution < -0.4 is 11.1 Å². The number of rotatable bonds is 8. The van der Waals surface area contributed by atoms with Crippen molar-refractivity contribution < 1.29 is 14.3 Å². The molecule has 9 heteroatoms. The minimum absolute atomic E-state index is 0. The normalized spacial score (nSPS) is 11.3. The number of nitrogens with one attached hydrogen (secondary N) is 1. The van der Waals surface area contributed by atoms with Gasteiger partial charge in [-0.3, -0.25) is 9.59 Å². The van der Waals surface area contributed by atoms with Crippen LogP contribution in [0.2, 0.25) is 10.3 Å². The number of carbonyl (C=O) groups excluding carboxylic acids is 2. The molecule has 23 heavy (non-hydrogen) atoms. The molecular formula is C14H20Cl3N3O3. The van der Waals surface area contributed by atoms with Gasteiger partial charge in [0.05, 0.1) is 0 Å². The lowest BCUT2D eigenvalue weighted by atomic mass is 10.1. The monoisotopic (exact) mass is 383 g/mol. The molecular weight excluding hydrogens is 365 g/mol. The average molecular weight is 385 g/mol. The molecule has 0 aliphatic rings. The number of nitrogens with two attached hydrogens (primary N) is 1. The molecule has 0 aliphatic carbocycles. The van der Waals surface area contributed by atoms with Gasteiger partial charge >= 0.3 is 5.97 Å². The quantitative estimate of drug-likeness (QED) is 0.408. The predicted molar refractivity (Wildman–Crippen MR) is 91.8 cm³/mol. The van der Waals surface area contributed by atoms with Gasteiger partial charge in [-0.15, -0.1) is 12.4 Å². The second-order valence-electron chi connectivity index (χ2n) is 4.81. The topological polar surface area (TPSA) is 94.3 Å². The summed E-state index contributed by atoms with van der Waals surface area (Å²) in [6.45, 7) is 2.08. The Balaban J connectivity index is 0.00000484. The Morgan fingerprint density at radius 3 is 2.48 bits per heavy atom. The van der Waals surface area contributed by atoms with Crippen molar-refractivity contribution in [2.24, 2.45) is 5.73 Å². The minimum Gasteiger partial charge on any atom is -0.460 e. The maximum Gasteiger partial charge on any atom is 0.323 e. The number of carbonyl (C=O) groups is 2. The van der Waals surface area contributed by atoms with Crippen LogP contribution in [0.4, 0.5) is 0 Å². The molecule has 0 spiro atoms. The lowest BCUT2D eigenvalue weighted by Gasteiger charge is -2.11. The van der Waals surface area contributed by atoms with E-state index in [4.69, 9.17) is 33.7 Å². The summed E-state index contributed by atoms with van der Waals surface area (Å²) in [5.74, 6) is -0.554. The van der Waals surface area contributed by atoms with Crippen molar-refractivity contribution in [2.45, 2.75) is 38.8 Å². The standard InChI is InChI=1S/C14H19Cl2N3O3.ClH/c1-9(20)18-5-3-2-4-11(17)14(21)22-8-10-6-12(15)19-13(16)7-10;/h6-7,11H,2-5,8,17H2,1H3,(H,18,20);1H/t11-;/m0./s1. The van der Waals surface area contributed by atoms with Crippen molar-refractivity contribution in [1.29, 1.82) is 0 Å². The highest BCUT2D eigenvalue weighted by atomic mass is 35.5. The largest absolute Gasteiger partial charge is 0.460 e. The summed E-state index contributed by atoms with van der Waals surface area (Å²) in [4.78, 5) is 26.2. The molecule has 1 amide bonds. The number of nitrogens with zero attached hydrogens (tertiary/aromatic N) is 1. The van der Waals surface area contributed by atoms with Crippen LogP contribution in [0.3, 0.4) is 0 Å². The number of amides is 1. The van der Waals surface area contributed by atoms with Crippen molar-refractivity contribution in [3.05, 3.63) is 28.0 Å². The van der Waals surface area contributed by atoms with Crippen molar-refractivity contribution >= 4 is 47.5 Å². The fraction of sp³-hybridized carbons (Fsp3) is 0.500. The maximum absolute atomic E-state index is 11.8. The van der Waals surface area contributed by atoms with E-state index in [0.29, 0.717) is 18.5 Å². The molecule has 0 aliphatic heterocycles. The molecule has 1 rings (SSSR count). The third-order valence-corrected chi connectivity index (χ3v) is 3.21. The number of hydrogen-bond acceptors (Lipinski definition) is 5. The van der Waals surface area contributed by atoms with Gasteiger partial charge in [-0.2, -0.15) is 0 Å². The molecule has 0 unspecified atom stereocenters. The van der Waals surface area contributed by atoms with E-state index in [0.717, 1.165) is 12.8 Å². The van der Waals surface area contributed by atoms with Crippen LogP contribution in [0.15, 0.2) is 12.1 Å². The maximum atomic E-state index is 11.8. The van der Waals surface area contributed by atoms with E-state index < -0.39 is 12.0 Å². The van der Waals surface area contributed by atoms with E-state index in [-0.39, 0.29) is 35.2 Å². The first-order chi connectivity index (χ1) is 10.4. The smallest absolute Gasteiger partial charge is 0.323 e. The summed E-state index contributed by atoms with van der Waals surface area (Å²) in [6, 6.07) is 2.45. The van der Waals surface area contributed by atoms with E-state index in [1.54, 1.807) is 12.1 Å². The SMILES string of the molecule is CC(=O)NCCCC[C@H](N)C(=O)OCc1cc(Cl)nc(Cl)c1.Cl. The van der Waals surface area contributed by atoms with Gasteiger partial charge in [0.1, 0.15) is 23.0 Å². The van der Waals surface area contributed by atoms with Gasteiger partial charge in [-0.25, -0.2) is 4.98 Å². The molecule has 1 atom stereocenters. The zero-order chi connectivity index (χ0) is 16.5. The fourth-order valence-corrected chi connectivity index (χ4v) is 2.24. The molecule has 0 aromatic carbocycles. The number of ether oxygens (including phenoxy) is 1. The van der Waals surface area contributed by atoms with Crippen molar-refractivity contribution in [1.82, 2.24) is 10.3 Å². The van der Waals surface area contributed by atoms with Crippen LogP contribution in [0.1, 0.15) is 31.7 Å². The summed E-state index contributed by atoms with van der Waals surface area (Å²) in [6.07, 6.45) is 1.98. The zero-order valence-electron chi connectivity index (χ0n) is 12.7. The molecule has 1 heterocycles. The Morgan fingerprint density at radius 1 is 1.30 bits per heavy atom. The summed E-state index contributed by atoms with van der Waals surface area (Å²) in [7, 11) is 0. The number of halogens is 3. The number of esters is 1. The highest BCUT2D eigenvalue weighted by Crippen LogP contribution is 2.15. The highest BCUT2D eigenvalue weighted by Gasteiger charge is 2.15. The van der Waals surface area contributed by atoms with Crippen LogP contribution >= 0.6 is 35.6 Å². The average Bonchev–Trinajstić information content (AvgIpc) is 2.42. The van der Waals surface area contributed by atoms with Crippen molar-refractivity contribution in [2.75, 3.05) is 6.54 Å². The van der Waals surface area contributed by atoms with Crippen LogP contribution in [0.25, 0.3) is 0 Å². The second-order valence-corrected chi connectivity index (χ2v) is 5.59. The van der Waals surface area contributed by atoms with Gasteiger partial charge < -0.3 is 15.8 Å². The van der Waals surface area contributed by atoms with Gasteiger partial charge in [-0.1, -0.05) is 23.2 Å². The van der Waals surface area contributed by atoms with Gasteiger partial charge in [0.25, 0.3) is 0 Å². The third-order valence-electron chi connectivity index (χ3n) is 2.82. The van der Waals surface area contributed by atoms with Crippen molar-refractivity contribution in [3.63, 3.8) is 0 Å². The minimum atomic E-state index is -0.690. The van der Waals surface area contributed by atoms with Crippen LogP contribution in [0.5, 0.6) is 0 Å². The number of hydrogen-bond donors (Lipinski definition) is 2. The molecule has 3 N–H and O–H groups in total. The van der Waals surface area contributed by atoms with Gasteiger partial charge in [0.2, 0.25) is 5.91 Å². The molecule has 0 bridgehead atoms. The number of aromatic nitrogens is 1. The Bertz CT molecular complexity index is 509. The molecule has 0 radical (unpaired) electrons. The van der Waals surface area contributed by atoms with Crippen LogP contribution in [-0.4, -0.2) is 29.4 Å². The number of pyridine rings is 1. The Labute approximate surface area is 151 Å². The molecule has 6 nitrogen and oxygen atoms in total. The van der Waals surface area contributed by atoms with Gasteiger partial charge in [0, 0.05) is 13.5 Å². The highest BCUT2D eigenvalue weighted by molar-refractivity contribution is 6.32. The third kappa shape index (κ3) is 9.61. The molecule has 0 fully saturated rings. The van der Waals surface area contributed by atoms with E-state index in [2.05, 4.69) is 10.3 Å². The first-order valence-electron chi connectivity index (χ1n) is 6.87. The molecule has 1 aromatic heterocycles. The Morgan fingerprint density at radius 2 is 1.91 bits per heavy atom. The Kier molecular flexibility index (Phi) is 10.9.